The molecule has 3 heteroatoms. The fourth-order valence-corrected chi connectivity index (χ4v) is 5.04. The molecule has 0 bridgehead atoms. The van der Waals surface area contributed by atoms with Gasteiger partial charge in [0.1, 0.15) is 0 Å². The normalized spacial score (nSPS) is 31.9. The van der Waals surface area contributed by atoms with Gasteiger partial charge in [0.2, 0.25) is 0 Å². The lowest BCUT2D eigenvalue weighted by Gasteiger charge is -2.45. The van der Waals surface area contributed by atoms with Crippen molar-refractivity contribution in [3.8, 4) is 0 Å². The van der Waals surface area contributed by atoms with Gasteiger partial charge in [-0.15, -0.1) is 0 Å². The van der Waals surface area contributed by atoms with Gasteiger partial charge in [-0.1, -0.05) is 38.5 Å². The molecule has 0 aromatic heterocycles. The predicted octanol–water partition coefficient (Wildman–Crippen LogP) is 3.46. The van der Waals surface area contributed by atoms with Crippen molar-refractivity contribution in [2.45, 2.75) is 94.3 Å². The van der Waals surface area contributed by atoms with Crippen molar-refractivity contribution in [1.29, 1.82) is 0 Å². The van der Waals surface area contributed by atoms with E-state index in [0.29, 0.717) is 6.10 Å². The summed E-state index contributed by atoms with van der Waals surface area (Å²) >= 11 is 0. The van der Waals surface area contributed by atoms with E-state index >= 15 is 0 Å². The van der Waals surface area contributed by atoms with Crippen LogP contribution in [0.25, 0.3) is 0 Å². The molecule has 0 aromatic rings. The highest BCUT2D eigenvalue weighted by Crippen LogP contribution is 2.42. The van der Waals surface area contributed by atoms with E-state index in [1.165, 1.54) is 77.0 Å². The Morgan fingerprint density at radius 1 is 0.952 bits per heavy atom. The number of hydrogen-bond donors (Lipinski definition) is 1. The molecule has 1 atom stereocenters. The molecular weight excluding hydrogens is 260 g/mol. The van der Waals surface area contributed by atoms with E-state index in [1.807, 2.05) is 0 Å². The van der Waals surface area contributed by atoms with E-state index in [0.717, 1.165) is 13.1 Å². The molecule has 3 rings (SSSR count). The average molecular weight is 294 g/mol. The fraction of sp³-hybridized carbons (Fsp3) is 1.00. The van der Waals surface area contributed by atoms with Crippen LogP contribution in [0.4, 0.5) is 0 Å². The predicted molar refractivity (Wildman–Crippen MR) is 87.4 cm³/mol. The van der Waals surface area contributed by atoms with Gasteiger partial charge >= 0.3 is 0 Å². The van der Waals surface area contributed by atoms with Gasteiger partial charge in [0.15, 0.2) is 0 Å². The highest BCUT2D eigenvalue weighted by atomic mass is 16.5. The first-order chi connectivity index (χ1) is 10.2. The third-order valence-electron chi connectivity index (χ3n) is 6.55. The van der Waals surface area contributed by atoms with Gasteiger partial charge in [-0.25, -0.2) is 0 Å². The molecule has 3 nitrogen and oxygen atoms in total. The minimum absolute atomic E-state index is 0.254. The molecule has 2 saturated carbocycles. The second-order valence-electron chi connectivity index (χ2n) is 7.89. The molecule has 0 amide bonds. The van der Waals surface area contributed by atoms with Crippen molar-refractivity contribution in [2.24, 2.45) is 5.73 Å². The fourth-order valence-electron chi connectivity index (χ4n) is 5.04. The van der Waals surface area contributed by atoms with Gasteiger partial charge in [-0.3, -0.25) is 4.90 Å². The Kier molecular flexibility index (Phi) is 4.92. The molecule has 3 aliphatic rings. The Morgan fingerprint density at radius 3 is 2.19 bits per heavy atom. The van der Waals surface area contributed by atoms with Gasteiger partial charge in [-0.05, 0) is 45.6 Å². The Hall–Kier alpha value is -0.120. The minimum atomic E-state index is 0.254. The molecule has 2 aliphatic carbocycles. The van der Waals surface area contributed by atoms with E-state index in [4.69, 9.17) is 10.5 Å². The SMILES string of the molecule is CN(CC1CCC2(CCCCC2)O1)C1(CN)CCCCC1. The third-order valence-corrected chi connectivity index (χ3v) is 6.55. The number of likely N-dealkylation sites (N-methyl/N-ethyl adjacent to an activating group) is 1. The molecule has 1 saturated heterocycles. The van der Waals surface area contributed by atoms with Crippen molar-refractivity contribution < 1.29 is 4.74 Å². The van der Waals surface area contributed by atoms with Crippen LogP contribution >= 0.6 is 0 Å². The molecule has 0 aromatic carbocycles. The standard InChI is InChI=1S/C18H34N2O/c1-20(17(15-19)9-4-2-5-10-17)14-16-8-13-18(21-16)11-6-3-7-12-18/h16H,2-15,19H2,1H3. The van der Waals surface area contributed by atoms with Gasteiger partial charge in [0.25, 0.3) is 0 Å². The molecule has 0 radical (unpaired) electrons. The van der Waals surface area contributed by atoms with E-state index < -0.39 is 0 Å². The largest absolute Gasteiger partial charge is 0.370 e. The molecule has 21 heavy (non-hydrogen) atoms. The van der Waals surface area contributed by atoms with Crippen LogP contribution < -0.4 is 5.73 Å². The summed E-state index contributed by atoms with van der Waals surface area (Å²) in [5.41, 5.74) is 6.68. The molecule has 1 unspecified atom stereocenters. The van der Waals surface area contributed by atoms with Crippen LogP contribution in [0.1, 0.15) is 77.0 Å². The topological polar surface area (TPSA) is 38.5 Å². The lowest BCUT2D eigenvalue weighted by Crippen LogP contribution is -2.55. The average Bonchev–Trinajstić information content (AvgIpc) is 2.91. The van der Waals surface area contributed by atoms with Gasteiger partial charge in [0, 0.05) is 18.6 Å². The van der Waals surface area contributed by atoms with E-state index in [2.05, 4.69) is 11.9 Å². The molecule has 1 heterocycles. The summed E-state index contributed by atoms with van der Waals surface area (Å²) in [6.07, 6.45) is 16.4. The first-order valence-corrected chi connectivity index (χ1v) is 9.27. The summed E-state index contributed by atoms with van der Waals surface area (Å²) in [7, 11) is 2.29. The second kappa shape index (κ2) is 6.55. The van der Waals surface area contributed by atoms with Crippen LogP contribution in [0.2, 0.25) is 0 Å². The van der Waals surface area contributed by atoms with Crippen molar-refractivity contribution in [1.82, 2.24) is 4.90 Å². The highest BCUT2D eigenvalue weighted by molar-refractivity contribution is 4.96. The number of rotatable bonds is 4. The zero-order valence-electron chi connectivity index (χ0n) is 13.9. The molecular formula is C18H34N2O. The zero-order chi connectivity index (χ0) is 14.8. The summed E-state index contributed by atoms with van der Waals surface area (Å²) in [6.45, 7) is 1.89. The number of ether oxygens (including phenoxy) is 1. The maximum atomic E-state index is 6.56. The van der Waals surface area contributed by atoms with Crippen LogP contribution in [0, 0.1) is 0 Å². The minimum Gasteiger partial charge on any atom is -0.370 e. The maximum Gasteiger partial charge on any atom is 0.0710 e. The van der Waals surface area contributed by atoms with Gasteiger partial charge < -0.3 is 10.5 Å². The quantitative estimate of drug-likeness (QED) is 0.863. The Bertz CT molecular complexity index is 332. The first kappa shape index (κ1) is 15.8. The van der Waals surface area contributed by atoms with Crippen molar-refractivity contribution >= 4 is 0 Å². The monoisotopic (exact) mass is 294 g/mol. The van der Waals surface area contributed by atoms with E-state index in [-0.39, 0.29) is 11.1 Å². The lowest BCUT2D eigenvalue weighted by molar-refractivity contribution is -0.0800. The second-order valence-corrected chi connectivity index (χ2v) is 7.89. The number of hydrogen-bond acceptors (Lipinski definition) is 3. The number of nitrogens with two attached hydrogens (primary N) is 1. The Labute approximate surface area is 130 Å². The van der Waals surface area contributed by atoms with Crippen molar-refractivity contribution in [2.75, 3.05) is 20.1 Å². The molecule has 1 spiro atoms. The summed E-state index contributed by atoms with van der Waals surface area (Å²) < 4.78 is 6.56. The maximum absolute atomic E-state index is 6.56. The van der Waals surface area contributed by atoms with Crippen LogP contribution in [0.3, 0.4) is 0 Å². The van der Waals surface area contributed by atoms with Crippen molar-refractivity contribution in [3.63, 3.8) is 0 Å². The summed E-state index contributed by atoms with van der Waals surface area (Å²) in [6, 6.07) is 0. The number of nitrogens with zero attached hydrogens (tertiary/aromatic N) is 1. The van der Waals surface area contributed by atoms with Crippen LogP contribution in [-0.4, -0.2) is 42.3 Å². The molecule has 122 valence electrons. The molecule has 3 fully saturated rings. The Balaban J connectivity index is 1.56. The zero-order valence-corrected chi connectivity index (χ0v) is 13.9. The third kappa shape index (κ3) is 3.30. The van der Waals surface area contributed by atoms with Crippen LogP contribution in [0.15, 0.2) is 0 Å². The van der Waals surface area contributed by atoms with E-state index in [1.54, 1.807) is 0 Å². The van der Waals surface area contributed by atoms with Gasteiger partial charge in [-0.2, -0.15) is 0 Å². The lowest BCUT2D eigenvalue weighted by atomic mass is 9.80. The van der Waals surface area contributed by atoms with Crippen LogP contribution in [0.5, 0.6) is 0 Å². The molecule has 2 N–H and O–H groups in total. The van der Waals surface area contributed by atoms with Crippen LogP contribution in [-0.2, 0) is 4.74 Å². The smallest absolute Gasteiger partial charge is 0.0710 e. The molecule has 1 aliphatic heterocycles. The summed E-state index contributed by atoms with van der Waals surface area (Å²) in [5.74, 6) is 0. The summed E-state index contributed by atoms with van der Waals surface area (Å²) in [4.78, 5) is 2.55. The first-order valence-electron chi connectivity index (χ1n) is 9.27. The van der Waals surface area contributed by atoms with E-state index in [9.17, 15) is 0 Å². The Morgan fingerprint density at radius 2 is 1.57 bits per heavy atom. The van der Waals surface area contributed by atoms with Gasteiger partial charge in [0.05, 0.1) is 11.7 Å². The summed E-state index contributed by atoms with van der Waals surface area (Å²) in [5, 5.41) is 0. The van der Waals surface area contributed by atoms with Crippen molar-refractivity contribution in [3.05, 3.63) is 0 Å². The highest BCUT2D eigenvalue weighted by Gasteiger charge is 2.43.